The Morgan fingerprint density at radius 1 is 1.12 bits per heavy atom. The number of likely N-dealkylation sites (tertiary alicyclic amines) is 1. The van der Waals surface area contributed by atoms with Gasteiger partial charge >= 0.3 is 6.03 Å². The van der Waals surface area contributed by atoms with Gasteiger partial charge in [0.25, 0.3) is 0 Å². The van der Waals surface area contributed by atoms with Crippen LogP contribution in [0.3, 0.4) is 0 Å². The highest BCUT2D eigenvalue weighted by atomic mass is 16.5. The number of carbonyl (C=O) groups is 1. The third-order valence-corrected chi connectivity index (χ3v) is 4.61. The lowest BCUT2D eigenvalue weighted by Gasteiger charge is -2.33. The van der Waals surface area contributed by atoms with Gasteiger partial charge in [-0.25, -0.2) is 4.79 Å². The Kier molecular flexibility index (Phi) is 5.43. The van der Waals surface area contributed by atoms with Crippen molar-refractivity contribution < 1.29 is 9.53 Å². The molecule has 5 nitrogen and oxygen atoms in total. The van der Waals surface area contributed by atoms with E-state index in [-0.39, 0.29) is 6.03 Å². The highest BCUT2D eigenvalue weighted by molar-refractivity contribution is 5.89. The maximum Gasteiger partial charge on any atom is 0.321 e. The Hall–Kier alpha value is -2.69. The molecule has 5 heteroatoms. The van der Waals surface area contributed by atoms with Crippen LogP contribution in [0.25, 0.3) is 0 Å². The standard InChI is InChI=1S/C20H25N3O2/c1-15-6-3-4-9-19(15)21-16-10-12-23(13-11-16)20(24)22-17-7-5-8-18(14-17)25-2/h3-9,14,16,21H,10-13H2,1-2H3,(H,22,24). The molecular weight excluding hydrogens is 314 g/mol. The largest absolute Gasteiger partial charge is 0.497 e. The smallest absolute Gasteiger partial charge is 0.321 e. The summed E-state index contributed by atoms with van der Waals surface area (Å²) in [6.45, 7) is 3.61. The van der Waals surface area contributed by atoms with E-state index < -0.39 is 0 Å². The Morgan fingerprint density at radius 2 is 1.88 bits per heavy atom. The number of methoxy groups -OCH3 is 1. The first-order valence-electron chi connectivity index (χ1n) is 8.68. The van der Waals surface area contributed by atoms with E-state index in [0.29, 0.717) is 6.04 Å². The normalized spacial score (nSPS) is 14.9. The molecule has 0 atom stereocenters. The van der Waals surface area contributed by atoms with E-state index >= 15 is 0 Å². The molecule has 3 rings (SSSR count). The molecule has 1 fully saturated rings. The van der Waals surface area contributed by atoms with Crippen molar-refractivity contribution in [3.05, 3.63) is 54.1 Å². The van der Waals surface area contributed by atoms with Crippen molar-refractivity contribution in [2.45, 2.75) is 25.8 Å². The fourth-order valence-electron chi connectivity index (χ4n) is 3.09. The van der Waals surface area contributed by atoms with Gasteiger partial charge in [0, 0.05) is 36.6 Å². The molecule has 2 aromatic carbocycles. The zero-order chi connectivity index (χ0) is 17.6. The first-order valence-corrected chi connectivity index (χ1v) is 8.68. The fourth-order valence-corrected chi connectivity index (χ4v) is 3.09. The number of ether oxygens (including phenoxy) is 1. The van der Waals surface area contributed by atoms with Crippen molar-refractivity contribution in [1.29, 1.82) is 0 Å². The number of hydrogen-bond donors (Lipinski definition) is 2. The van der Waals surface area contributed by atoms with Crippen LogP contribution >= 0.6 is 0 Å². The van der Waals surface area contributed by atoms with Crippen LogP contribution in [0, 0.1) is 6.92 Å². The lowest BCUT2D eigenvalue weighted by Crippen LogP contribution is -2.44. The first-order chi connectivity index (χ1) is 12.2. The number of nitrogens with zero attached hydrogens (tertiary/aromatic N) is 1. The Bertz CT molecular complexity index is 724. The minimum Gasteiger partial charge on any atom is -0.497 e. The van der Waals surface area contributed by atoms with Crippen molar-refractivity contribution in [3.8, 4) is 5.75 Å². The molecule has 1 heterocycles. The van der Waals surface area contributed by atoms with Crippen molar-refractivity contribution in [3.63, 3.8) is 0 Å². The Balaban J connectivity index is 1.51. The van der Waals surface area contributed by atoms with Crippen molar-refractivity contribution in [2.75, 3.05) is 30.8 Å². The van der Waals surface area contributed by atoms with Gasteiger partial charge in [-0.3, -0.25) is 0 Å². The predicted molar refractivity (Wildman–Crippen MR) is 101 cm³/mol. The summed E-state index contributed by atoms with van der Waals surface area (Å²) in [5.41, 5.74) is 3.19. The third kappa shape index (κ3) is 4.44. The number of hydrogen-bond acceptors (Lipinski definition) is 3. The number of anilines is 2. The third-order valence-electron chi connectivity index (χ3n) is 4.61. The lowest BCUT2D eigenvalue weighted by atomic mass is 10.0. The van der Waals surface area contributed by atoms with E-state index in [4.69, 9.17) is 4.74 Å². The second-order valence-corrected chi connectivity index (χ2v) is 6.38. The van der Waals surface area contributed by atoms with E-state index in [2.05, 4.69) is 29.7 Å². The molecule has 2 amide bonds. The van der Waals surface area contributed by atoms with Gasteiger partial charge in [-0.05, 0) is 43.5 Å². The Morgan fingerprint density at radius 3 is 2.60 bits per heavy atom. The van der Waals surface area contributed by atoms with Crippen LogP contribution < -0.4 is 15.4 Å². The van der Waals surface area contributed by atoms with E-state index in [0.717, 1.165) is 37.4 Å². The lowest BCUT2D eigenvalue weighted by molar-refractivity contribution is 0.197. The van der Waals surface area contributed by atoms with Gasteiger partial charge in [-0.15, -0.1) is 0 Å². The minimum absolute atomic E-state index is 0.0532. The first kappa shape index (κ1) is 17.1. The van der Waals surface area contributed by atoms with E-state index in [9.17, 15) is 4.79 Å². The fraction of sp³-hybridized carbons (Fsp3) is 0.350. The van der Waals surface area contributed by atoms with Gasteiger partial charge in [0.15, 0.2) is 0 Å². The summed E-state index contributed by atoms with van der Waals surface area (Å²) in [5, 5.41) is 6.55. The van der Waals surface area contributed by atoms with Gasteiger partial charge in [0.05, 0.1) is 7.11 Å². The average molecular weight is 339 g/mol. The SMILES string of the molecule is COc1cccc(NC(=O)N2CCC(Nc3ccccc3C)CC2)c1. The second-order valence-electron chi connectivity index (χ2n) is 6.38. The molecule has 0 aromatic heterocycles. The number of carbonyl (C=O) groups excluding carboxylic acids is 1. The summed E-state index contributed by atoms with van der Waals surface area (Å²) in [7, 11) is 1.62. The number of rotatable bonds is 4. The number of piperidine rings is 1. The average Bonchev–Trinajstić information content (AvgIpc) is 2.64. The van der Waals surface area contributed by atoms with Gasteiger partial charge < -0.3 is 20.3 Å². The highest BCUT2D eigenvalue weighted by Gasteiger charge is 2.23. The number of aryl methyl sites for hydroxylation is 1. The van der Waals surface area contributed by atoms with Gasteiger partial charge in [0.2, 0.25) is 0 Å². The van der Waals surface area contributed by atoms with E-state index in [1.165, 1.54) is 11.3 Å². The van der Waals surface area contributed by atoms with Gasteiger partial charge in [-0.2, -0.15) is 0 Å². The van der Waals surface area contributed by atoms with Crippen molar-refractivity contribution in [1.82, 2.24) is 4.90 Å². The van der Waals surface area contributed by atoms with Crippen LogP contribution in [0.2, 0.25) is 0 Å². The number of amides is 2. The van der Waals surface area contributed by atoms with Crippen molar-refractivity contribution in [2.24, 2.45) is 0 Å². The molecule has 0 bridgehead atoms. The summed E-state index contributed by atoms with van der Waals surface area (Å²) in [4.78, 5) is 14.3. The predicted octanol–water partition coefficient (Wildman–Crippen LogP) is 4.11. The molecule has 2 aromatic rings. The zero-order valence-electron chi connectivity index (χ0n) is 14.8. The number of benzene rings is 2. The maximum absolute atomic E-state index is 12.4. The van der Waals surface area contributed by atoms with Gasteiger partial charge in [-0.1, -0.05) is 24.3 Å². The maximum atomic E-state index is 12.4. The van der Waals surface area contributed by atoms with E-state index in [1.807, 2.05) is 41.3 Å². The van der Waals surface area contributed by atoms with Gasteiger partial charge in [0.1, 0.15) is 5.75 Å². The molecule has 0 unspecified atom stereocenters. The monoisotopic (exact) mass is 339 g/mol. The van der Waals surface area contributed by atoms with Crippen LogP contribution in [-0.2, 0) is 0 Å². The van der Waals surface area contributed by atoms with Crippen LogP contribution in [0.1, 0.15) is 18.4 Å². The summed E-state index contributed by atoms with van der Waals surface area (Å²) < 4.78 is 5.19. The number of nitrogens with one attached hydrogen (secondary N) is 2. The molecule has 1 aliphatic heterocycles. The zero-order valence-corrected chi connectivity index (χ0v) is 14.8. The summed E-state index contributed by atoms with van der Waals surface area (Å²) in [5.74, 6) is 0.735. The van der Waals surface area contributed by atoms with Crippen molar-refractivity contribution >= 4 is 17.4 Å². The number of urea groups is 1. The molecule has 0 aliphatic carbocycles. The molecule has 1 saturated heterocycles. The quantitative estimate of drug-likeness (QED) is 0.881. The van der Waals surface area contributed by atoms with Crippen LogP contribution in [0.5, 0.6) is 5.75 Å². The summed E-state index contributed by atoms with van der Waals surface area (Å²) in [6, 6.07) is 16.1. The Labute approximate surface area is 149 Å². The number of para-hydroxylation sites is 1. The van der Waals surface area contributed by atoms with Crippen LogP contribution in [0.4, 0.5) is 16.2 Å². The topological polar surface area (TPSA) is 53.6 Å². The molecule has 0 radical (unpaired) electrons. The summed E-state index contributed by atoms with van der Waals surface area (Å²) in [6.07, 6.45) is 1.89. The van der Waals surface area contributed by atoms with Crippen LogP contribution in [-0.4, -0.2) is 37.2 Å². The van der Waals surface area contributed by atoms with Crippen LogP contribution in [0.15, 0.2) is 48.5 Å². The summed E-state index contributed by atoms with van der Waals surface area (Å²) >= 11 is 0. The molecular formula is C20H25N3O2. The second kappa shape index (κ2) is 7.92. The van der Waals surface area contributed by atoms with E-state index in [1.54, 1.807) is 7.11 Å². The highest BCUT2D eigenvalue weighted by Crippen LogP contribution is 2.21. The minimum atomic E-state index is -0.0532. The molecule has 2 N–H and O–H groups in total. The molecule has 25 heavy (non-hydrogen) atoms. The molecule has 0 saturated carbocycles. The molecule has 0 spiro atoms. The molecule has 1 aliphatic rings. The molecule has 132 valence electrons.